The average molecular weight is 85.1 g/mol. The Kier molecular flexibility index (Phi) is 0.759. The summed E-state index contributed by atoms with van der Waals surface area (Å²) in [6, 6.07) is 0. The van der Waals surface area contributed by atoms with Gasteiger partial charge in [0.1, 0.15) is 6.42 Å². The summed E-state index contributed by atoms with van der Waals surface area (Å²) in [4.78, 5) is 14.2. The number of nitrogens with one attached hydrogen (secondary N) is 1. The van der Waals surface area contributed by atoms with Gasteiger partial charge >= 0.3 is 0 Å². The summed E-state index contributed by atoms with van der Waals surface area (Å²) in [6.07, 6.45) is 2.35. The van der Waals surface area contributed by atoms with Crippen molar-refractivity contribution in [3.8, 4) is 0 Å². The van der Waals surface area contributed by atoms with Crippen LogP contribution in [0.2, 0.25) is 0 Å². The molecule has 1 heterocycles. The van der Waals surface area contributed by atoms with E-state index >= 15 is 0 Å². The van der Waals surface area contributed by atoms with E-state index in [0.29, 0.717) is 0 Å². The van der Waals surface area contributed by atoms with Gasteiger partial charge in [0.05, 0.1) is 6.61 Å². The molecule has 0 spiro atoms. The maximum Gasteiger partial charge on any atom is 0.254 e. The number of rotatable bonds is 0. The van der Waals surface area contributed by atoms with Crippen LogP contribution in [0.25, 0.3) is 0 Å². The predicted molar refractivity (Wildman–Crippen MR) is 17.3 cm³/mol. The van der Waals surface area contributed by atoms with Crippen molar-refractivity contribution < 1.29 is 9.63 Å². The Bertz CT molecular complexity index is 63.2. The van der Waals surface area contributed by atoms with E-state index in [1.54, 1.807) is 0 Å². The minimum absolute atomic E-state index is 0.269. The number of hydroxylamine groups is 1. The third kappa shape index (κ3) is 0.490. The average Bonchev–Trinajstić information content (AvgIpc) is 1.86. The molecule has 0 aromatic carbocycles. The van der Waals surface area contributed by atoms with Crippen LogP contribution in [0.15, 0.2) is 0 Å². The van der Waals surface area contributed by atoms with Gasteiger partial charge in [0, 0.05) is 0 Å². The van der Waals surface area contributed by atoms with Gasteiger partial charge in [-0.2, -0.15) is 0 Å². The molecular formula is C3H3NO2. The number of amides is 1. The molecule has 1 amide bonds. The molecule has 1 aliphatic rings. The zero-order valence-corrected chi connectivity index (χ0v) is 3.02. The smallest absolute Gasteiger partial charge is 0.254 e. The van der Waals surface area contributed by atoms with Crippen LogP contribution in [0, 0.1) is 6.42 Å². The highest BCUT2D eigenvalue weighted by atomic mass is 16.7. The van der Waals surface area contributed by atoms with Crippen LogP contribution in [-0.2, 0) is 9.63 Å². The van der Waals surface area contributed by atoms with Crippen LogP contribution in [-0.4, -0.2) is 12.5 Å². The second-order valence-corrected chi connectivity index (χ2v) is 0.897. The topological polar surface area (TPSA) is 38.3 Å². The van der Waals surface area contributed by atoms with E-state index in [9.17, 15) is 4.79 Å². The van der Waals surface area contributed by atoms with Crippen molar-refractivity contribution in [1.29, 1.82) is 0 Å². The summed E-state index contributed by atoms with van der Waals surface area (Å²) in [5.74, 6) is -0.269. The molecule has 3 heteroatoms. The fraction of sp³-hybridized carbons (Fsp3) is 0.333. The molecule has 6 heavy (non-hydrogen) atoms. The van der Waals surface area contributed by atoms with Crippen molar-refractivity contribution in [3.63, 3.8) is 0 Å². The lowest BCUT2D eigenvalue weighted by molar-refractivity contribution is -0.122. The van der Waals surface area contributed by atoms with Gasteiger partial charge in [-0.15, -0.1) is 0 Å². The van der Waals surface area contributed by atoms with Gasteiger partial charge < -0.3 is 0 Å². The van der Waals surface area contributed by atoms with Crippen molar-refractivity contribution >= 4 is 5.91 Å². The Balaban J connectivity index is 2.37. The first-order valence-corrected chi connectivity index (χ1v) is 1.55. The molecule has 1 aliphatic heterocycles. The largest absolute Gasteiger partial charge is 0.272 e. The number of hydrogen-bond acceptors (Lipinski definition) is 2. The Morgan fingerprint density at radius 1 is 2.00 bits per heavy atom. The molecule has 0 aliphatic carbocycles. The number of carbonyl (C=O) groups is 1. The van der Waals surface area contributed by atoms with Gasteiger partial charge in [-0.05, 0) is 0 Å². The van der Waals surface area contributed by atoms with E-state index in [2.05, 4.69) is 16.7 Å². The van der Waals surface area contributed by atoms with Crippen LogP contribution in [0.5, 0.6) is 0 Å². The molecule has 2 radical (unpaired) electrons. The van der Waals surface area contributed by atoms with E-state index in [1.807, 2.05) is 0 Å². The summed E-state index contributed by atoms with van der Waals surface area (Å²) in [5, 5.41) is 0. The molecule has 1 N–H and O–H groups in total. The van der Waals surface area contributed by atoms with E-state index in [-0.39, 0.29) is 12.5 Å². The standard InChI is InChI=1S/C3H3NO2/c5-3-1-2-6-4-3/h2H2,(H,4,5). The molecule has 1 rings (SSSR count). The molecule has 0 aromatic rings. The Morgan fingerprint density at radius 2 is 2.83 bits per heavy atom. The van der Waals surface area contributed by atoms with Gasteiger partial charge in [-0.3, -0.25) is 9.63 Å². The van der Waals surface area contributed by atoms with Crippen molar-refractivity contribution in [2.24, 2.45) is 0 Å². The van der Waals surface area contributed by atoms with Gasteiger partial charge in [-0.1, -0.05) is 0 Å². The Morgan fingerprint density at radius 3 is 3.00 bits per heavy atom. The van der Waals surface area contributed by atoms with Crippen molar-refractivity contribution in [2.75, 3.05) is 6.61 Å². The molecule has 0 aromatic heterocycles. The maximum atomic E-state index is 9.90. The summed E-state index contributed by atoms with van der Waals surface area (Å²) in [5.41, 5.74) is 2.07. The first-order valence-electron chi connectivity index (χ1n) is 1.55. The molecule has 0 unspecified atom stereocenters. The quantitative estimate of drug-likeness (QED) is 0.415. The van der Waals surface area contributed by atoms with Crippen molar-refractivity contribution in [3.05, 3.63) is 6.42 Å². The second-order valence-electron chi connectivity index (χ2n) is 0.897. The molecule has 0 atom stereocenters. The molecule has 1 fully saturated rings. The summed E-state index contributed by atoms with van der Waals surface area (Å²) >= 11 is 0. The third-order valence-corrected chi connectivity index (χ3v) is 0.470. The van der Waals surface area contributed by atoms with Crippen LogP contribution >= 0.6 is 0 Å². The minimum atomic E-state index is -0.269. The summed E-state index contributed by atoms with van der Waals surface area (Å²) in [6.45, 7) is 0.277. The molecular weight excluding hydrogens is 82.0 g/mol. The van der Waals surface area contributed by atoms with E-state index in [4.69, 9.17) is 0 Å². The van der Waals surface area contributed by atoms with Crippen LogP contribution in [0.3, 0.4) is 0 Å². The third-order valence-electron chi connectivity index (χ3n) is 0.470. The lowest BCUT2D eigenvalue weighted by Crippen LogP contribution is -2.11. The molecule has 32 valence electrons. The second kappa shape index (κ2) is 1.26. The predicted octanol–water partition coefficient (Wildman–Crippen LogP) is -0.871. The van der Waals surface area contributed by atoms with Gasteiger partial charge in [0.15, 0.2) is 0 Å². The van der Waals surface area contributed by atoms with Gasteiger partial charge in [0.25, 0.3) is 5.91 Å². The van der Waals surface area contributed by atoms with Crippen LogP contribution in [0.4, 0.5) is 0 Å². The van der Waals surface area contributed by atoms with Crippen LogP contribution in [0.1, 0.15) is 0 Å². The molecule has 1 saturated heterocycles. The zero-order chi connectivity index (χ0) is 4.41. The number of hydrogen-bond donors (Lipinski definition) is 1. The normalized spacial score (nSPS) is 21.0. The molecule has 0 saturated carbocycles. The lowest BCUT2D eigenvalue weighted by Gasteiger charge is -1.81. The van der Waals surface area contributed by atoms with E-state index in [1.165, 1.54) is 0 Å². The Hall–Kier alpha value is -0.570. The highest BCUT2D eigenvalue weighted by Gasteiger charge is 2.08. The van der Waals surface area contributed by atoms with Gasteiger partial charge in [0.2, 0.25) is 0 Å². The monoisotopic (exact) mass is 85.0 g/mol. The maximum absolute atomic E-state index is 9.90. The van der Waals surface area contributed by atoms with Crippen LogP contribution < -0.4 is 5.48 Å². The molecule has 3 nitrogen and oxygen atoms in total. The van der Waals surface area contributed by atoms with Gasteiger partial charge in [-0.25, -0.2) is 5.48 Å². The first kappa shape index (κ1) is 3.61. The van der Waals surface area contributed by atoms with Crippen molar-refractivity contribution in [2.45, 2.75) is 0 Å². The lowest BCUT2D eigenvalue weighted by atomic mass is 10.5. The summed E-state index contributed by atoms with van der Waals surface area (Å²) < 4.78 is 0. The fourth-order valence-corrected chi connectivity index (χ4v) is 0.239. The Labute approximate surface area is 35.2 Å². The highest BCUT2D eigenvalue weighted by Crippen LogP contribution is 1.85. The van der Waals surface area contributed by atoms with E-state index in [0.717, 1.165) is 0 Å². The summed E-state index contributed by atoms with van der Waals surface area (Å²) in [7, 11) is 0. The minimum Gasteiger partial charge on any atom is -0.272 e. The first-order chi connectivity index (χ1) is 2.89. The van der Waals surface area contributed by atoms with Crippen molar-refractivity contribution in [1.82, 2.24) is 5.48 Å². The molecule has 0 bridgehead atoms. The SMILES string of the molecule is O=C1[C]CON1. The zero-order valence-electron chi connectivity index (χ0n) is 3.02. The fourth-order valence-electron chi connectivity index (χ4n) is 0.239. The highest BCUT2D eigenvalue weighted by molar-refractivity contribution is 5.85. The number of carbonyl (C=O) groups excluding carboxylic acids is 1. The van der Waals surface area contributed by atoms with E-state index < -0.39 is 0 Å².